The molecule has 3 aromatic carbocycles. The Labute approximate surface area is 236 Å². The zero-order valence-electron chi connectivity index (χ0n) is 22.6. The first kappa shape index (κ1) is 30.2. The molecule has 0 spiro atoms. The van der Waals surface area contributed by atoms with Gasteiger partial charge in [-0.15, -0.1) is 0 Å². The summed E-state index contributed by atoms with van der Waals surface area (Å²) in [5.41, 5.74) is 1.86. The molecular formula is C30H36ClN3O4S. The highest BCUT2D eigenvalue weighted by molar-refractivity contribution is 7.92. The number of nitrogens with one attached hydrogen (secondary N) is 1. The molecule has 39 heavy (non-hydrogen) atoms. The molecule has 3 aromatic rings. The highest BCUT2D eigenvalue weighted by atomic mass is 35.5. The van der Waals surface area contributed by atoms with Gasteiger partial charge < -0.3 is 10.2 Å². The number of halogens is 1. The van der Waals surface area contributed by atoms with Crippen LogP contribution >= 0.6 is 11.6 Å². The van der Waals surface area contributed by atoms with Crippen molar-refractivity contribution in [1.82, 2.24) is 10.2 Å². The molecule has 9 heteroatoms. The Hall–Kier alpha value is -3.36. The van der Waals surface area contributed by atoms with E-state index >= 15 is 0 Å². The fourth-order valence-electron chi connectivity index (χ4n) is 4.36. The monoisotopic (exact) mass is 569 g/mol. The number of hydrogen-bond acceptors (Lipinski definition) is 4. The minimum Gasteiger partial charge on any atom is -0.354 e. The van der Waals surface area contributed by atoms with E-state index in [4.69, 9.17) is 11.6 Å². The number of benzene rings is 3. The molecule has 2 amide bonds. The normalized spacial score (nSPS) is 12.0. The summed E-state index contributed by atoms with van der Waals surface area (Å²) in [6, 6.07) is 21.9. The summed E-state index contributed by atoms with van der Waals surface area (Å²) in [5.74, 6) is -0.722. The average molecular weight is 570 g/mol. The number of anilines is 1. The van der Waals surface area contributed by atoms with Gasteiger partial charge in [0.1, 0.15) is 12.6 Å². The molecule has 0 aliphatic heterocycles. The molecule has 0 saturated heterocycles. The molecule has 0 unspecified atom stereocenters. The van der Waals surface area contributed by atoms with Crippen molar-refractivity contribution in [2.24, 2.45) is 0 Å². The average Bonchev–Trinajstić information content (AvgIpc) is 2.95. The third-order valence-corrected chi connectivity index (χ3v) is 8.72. The molecule has 0 fully saturated rings. The molecule has 1 N–H and O–H groups in total. The van der Waals surface area contributed by atoms with Crippen molar-refractivity contribution in [3.05, 3.63) is 95.0 Å². The Morgan fingerprint density at radius 2 is 1.56 bits per heavy atom. The molecule has 0 saturated carbocycles. The van der Waals surface area contributed by atoms with Gasteiger partial charge in [0.25, 0.3) is 10.0 Å². The summed E-state index contributed by atoms with van der Waals surface area (Å²) in [6.45, 7) is 5.79. The van der Waals surface area contributed by atoms with Crippen molar-refractivity contribution in [2.75, 3.05) is 23.9 Å². The minimum atomic E-state index is -4.13. The van der Waals surface area contributed by atoms with Gasteiger partial charge >= 0.3 is 0 Å². The van der Waals surface area contributed by atoms with Crippen LogP contribution in [0.1, 0.15) is 37.8 Å². The van der Waals surface area contributed by atoms with Crippen molar-refractivity contribution >= 4 is 39.1 Å². The number of sulfonamides is 1. The van der Waals surface area contributed by atoms with Crippen LogP contribution in [-0.2, 0) is 26.0 Å². The summed E-state index contributed by atoms with van der Waals surface area (Å²) >= 11 is 6.36. The van der Waals surface area contributed by atoms with Crippen LogP contribution in [-0.4, -0.2) is 50.8 Å². The summed E-state index contributed by atoms with van der Waals surface area (Å²) in [7, 11) is -4.13. The maximum Gasteiger partial charge on any atom is 0.264 e. The molecule has 0 heterocycles. The number of nitrogens with zero attached hydrogens (tertiary/aromatic N) is 2. The van der Waals surface area contributed by atoms with Gasteiger partial charge in [0.05, 0.1) is 10.6 Å². The Morgan fingerprint density at radius 3 is 2.18 bits per heavy atom. The number of amides is 2. The van der Waals surface area contributed by atoms with E-state index in [2.05, 4.69) is 5.32 Å². The molecule has 208 valence electrons. The molecule has 0 aliphatic carbocycles. The van der Waals surface area contributed by atoms with Crippen LogP contribution in [0.25, 0.3) is 0 Å². The third kappa shape index (κ3) is 7.61. The summed E-state index contributed by atoms with van der Waals surface area (Å²) in [6.07, 6.45) is 1.67. The summed E-state index contributed by atoms with van der Waals surface area (Å²) in [4.78, 5) is 28.7. The third-order valence-electron chi connectivity index (χ3n) is 6.54. The Kier molecular flexibility index (Phi) is 10.9. The highest BCUT2D eigenvalue weighted by Gasteiger charge is 2.34. The fraction of sp³-hybridized carbons (Fsp3) is 0.333. The quantitative estimate of drug-likeness (QED) is 0.306. The van der Waals surface area contributed by atoms with Gasteiger partial charge in [-0.2, -0.15) is 0 Å². The molecule has 1 atom stereocenters. The Bertz CT molecular complexity index is 1350. The first-order valence-electron chi connectivity index (χ1n) is 13.1. The van der Waals surface area contributed by atoms with Gasteiger partial charge in [-0.3, -0.25) is 13.9 Å². The van der Waals surface area contributed by atoms with E-state index in [1.54, 1.807) is 43.3 Å². The van der Waals surface area contributed by atoms with Crippen molar-refractivity contribution in [3.8, 4) is 0 Å². The van der Waals surface area contributed by atoms with Crippen molar-refractivity contribution in [2.45, 2.75) is 51.0 Å². The van der Waals surface area contributed by atoms with Crippen molar-refractivity contribution < 1.29 is 18.0 Å². The van der Waals surface area contributed by atoms with Crippen LogP contribution in [0.3, 0.4) is 0 Å². The van der Waals surface area contributed by atoms with E-state index in [0.29, 0.717) is 35.7 Å². The SMILES string of the molecule is CCCNC(=O)[C@H](CC)N(CCc1ccccc1)C(=O)CN(c1cccc(Cl)c1C)S(=O)(=O)c1ccccc1. The Balaban J connectivity index is 2.03. The lowest BCUT2D eigenvalue weighted by molar-refractivity contribution is -0.139. The fourth-order valence-corrected chi connectivity index (χ4v) is 6.02. The number of rotatable bonds is 13. The number of carbonyl (C=O) groups excluding carboxylic acids is 2. The van der Waals surface area contributed by atoms with Gasteiger partial charge in [-0.25, -0.2) is 8.42 Å². The second-order valence-electron chi connectivity index (χ2n) is 9.25. The van der Waals surface area contributed by atoms with E-state index in [1.807, 2.05) is 44.2 Å². The van der Waals surface area contributed by atoms with Crippen LogP contribution < -0.4 is 9.62 Å². The van der Waals surface area contributed by atoms with Crippen LogP contribution in [0.5, 0.6) is 0 Å². The predicted octanol–water partition coefficient (Wildman–Crippen LogP) is 5.22. The zero-order chi connectivity index (χ0) is 28.4. The van der Waals surface area contributed by atoms with Crippen LogP contribution in [0.2, 0.25) is 5.02 Å². The lowest BCUT2D eigenvalue weighted by Crippen LogP contribution is -2.53. The first-order chi connectivity index (χ1) is 18.7. The summed E-state index contributed by atoms with van der Waals surface area (Å²) < 4.78 is 28.9. The van der Waals surface area contributed by atoms with E-state index in [1.165, 1.54) is 17.0 Å². The van der Waals surface area contributed by atoms with E-state index < -0.39 is 28.5 Å². The molecule has 7 nitrogen and oxygen atoms in total. The summed E-state index contributed by atoms with van der Waals surface area (Å²) in [5, 5.41) is 3.28. The second kappa shape index (κ2) is 14.1. The highest BCUT2D eigenvalue weighted by Crippen LogP contribution is 2.31. The molecule has 0 bridgehead atoms. The maximum atomic E-state index is 14.0. The molecule has 0 aromatic heterocycles. The van der Waals surface area contributed by atoms with Crippen LogP contribution in [0, 0.1) is 6.92 Å². The van der Waals surface area contributed by atoms with Gasteiger partial charge in [-0.05, 0) is 61.6 Å². The predicted molar refractivity (Wildman–Crippen MR) is 156 cm³/mol. The van der Waals surface area contributed by atoms with E-state index in [-0.39, 0.29) is 17.3 Å². The largest absolute Gasteiger partial charge is 0.354 e. The second-order valence-corrected chi connectivity index (χ2v) is 11.5. The van der Waals surface area contributed by atoms with Gasteiger partial charge in [-0.1, -0.05) is 80.0 Å². The lowest BCUT2D eigenvalue weighted by atomic mass is 10.1. The molecule has 0 aliphatic rings. The molecule has 0 radical (unpaired) electrons. The molecule has 3 rings (SSSR count). The van der Waals surface area contributed by atoms with Gasteiger partial charge in [0.2, 0.25) is 11.8 Å². The Morgan fingerprint density at radius 1 is 0.923 bits per heavy atom. The van der Waals surface area contributed by atoms with Crippen LogP contribution in [0.15, 0.2) is 83.8 Å². The number of carbonyl (C=O) groups is 2. The number of hydrogen-bond donors (Lipinski definition) is 1. The van der Waals surface area contributed by atoms with E-state index in [9.17, 15) is 18.0 Å². The zero-order valence-corrected chi connectivity index (χ0v) is 24.2. The molecular weight excluding hydrogens is 534 g/mol. The van der Waals surface area contributed by atoms with Gasteiger partial charge in [0, 0.05) is 18.1 Å². The van der Waals surface area contributed by atoms with Crippen LogP contribution in [0.4, 0.5) is 5.69 Å². The smallest absolute Gasteiger partial charge is 0.264 e. The minimum absolute atomic E-state index is 0.0562. The maximum absolute atomic E-state index is 14.0. The first-order valence-corrected chi connectivity index (χ1v) is 15.0. The standard InChI is InChI=1S/C30H36ClN3O4S/c1-4-20-32-30(36)27(5-2)33(21-19-24-13-8-6-9-14-24)29(35)22-34(28-18-12-17-26(31)23(28)3)39(37,38)25-15-10-7-11-16-25/h6-18,27H,4-5,19-22H2,1-3H3,(H,32,36)/t27-/m0/s1. The van der Waals surface area contributed by atoms with E-state index in [0.717, 1.165) is 16.3 Å². The van der Waals surface area contributed by atoms with Gasteiger partial charge in [0.15, 0.2) is 0 Å². The topological polar surface area (TPSA) is 86.8 Å². The van der Waals surface area contributed by atoms with Crippen molar-refractivity contribution in [1.29, 1.82) is 0 Å². The van der Waals surface area contributed by atoms with Crippen molar-refractivity contribution in [3.63, 3.8) is 0 Å². The lowest BCUT2D eigenvalue weighted by Gasteiger charge is -2.33.